The van der Waals surface area contributed by atoms with E-state index in [4.69, 9.17) is 32.7 Å². The molecular weight excluding hydrogens is 451 g/mol. The van der Waals surface area contributed by atoms with E-state index in [0.717, 1.165) is 0 Å². The number of hydrogen-bond acceptors (Lipinski definition) is 6. The highest BCUT2D eigenvalue weighted by atomic mass is 35.5. The van der Waals surface area contributed by atoms with Gasteiger partial charge in [0, 0.05) is 22.7 Å². The maximum absolute atomic E-state index is 11.7. The number of carbonyl (C=O) groups excluding carboxylic acids is 1. The van der Waals surface area contributed by atoms with E-state index in [1.54, 1.807) is 42.3 Å². The van der Waals surface area contributed by atoms with E-state index in [9.17, 15) is 10.1 Å². The van der Waals surface area contributed by atoms with Crippen LogP contribution in [0, 0.1) is 11.3 Å². The number of amides is 1. The highest BCUT2D eigenvalue weighted by Gasteiger charge is 2.31. The molecule has 162 valence electrons. The minimum atomic E-state index is -0.181. The second kappa shape index (κ2) is 8.95. The van der Waals surface area contributed by atoms with Gasteiger partial charge in [0.05, 0.1) is 47.7 Å². The first-order valence-electron chi connectivity index (χ1n) is 9.64. The SMILES string of the molecule is C=CC(=O)N1CC(Oc2cc3c(Nc4ccc(Cl)cc4Cl)c(C#N)cnc3cc2OC)C1. The summed E-state index contributed by atoms with van der Waals surface area (Å²) in [4.78, 5) is 17.7. The molecule has 1 aromatic heterocycles. The van der Waals surface area contributed by atoms with Gasteiger partial charge in [-0.1, -0.05) is 29.8 Å². The van der Waals surface area contributed by atoms with E-state index < -0.39 is 0 Å². The van der Waals surface area contributed by atoms with E-state index in [1.165, 1.54) is 12.3 Å². The van der Waals surface area contributed by atoms with Gasteiger partial charge < -0.3 is 19.7 Å². The van der Waals surface area contributed by atoms with E-state index >= 15 is 0 Å². The van der Waals surface area contributed by atoms with Gasteiger partial charge in [0.25, 0.3) is 0 Å². The third kappa shape index (κ3) is 4.15. The summed E-state index contributed by atoms with van der Waals surface area (Å²) in [5.41, 5.74) is 2.08. The molecule has 1 amide bonds. The summed E-state index contributed by atoms with van der Waals surface area (Å²) in [5, 5.41) is 14.5. The number of anilines is 2. The van der Waals surface area contributed by atoms with Crippen LogP contribution in [0.4, 0.5) is 11.4 Å². The summed E-state index contributed by atoms with van der Waals surface area (Å²) < 4.78 is 11.6. The van der Waals surface area contributed by atoms with Crippen LogP contribution in [0.5, 0.6) is 11.5 Å². The van der Waals surface area contributed by atoms with Crippen molar-refractivity contribution in [2.24, 2.45) is 0 Å². The lowest BCUT2D eigenvalue weighted by Crippen LogP contribution is -2.55. The summed E-state index contributed by atoms with van der Waals surface area (Å²) in [6.07, 6.45) is 2.58. The Hall–Kier alpha value is -3.47. The number of pyridine rings is 1. The van der Waals surface area contributed by atoms with Crippen molar-refractivity contribution >= 4 is 51.4 Å². The maximum Gasteiger partial charge on any atom is 0.246 e. The van der Waals surface area contributed by atoms with Crippen molar-refractivity contribution in [3.05, 3.63) is 64.8 Å². The van der Waals surface area contributed by atoms with Crippen molar-refractivity contribution in [3.63, 3.8) is 0 Å². The number of rotatable bonds is 6. The number of nitrogens with one attached hydrogen (secondary N) is 1. The molecule has 32 heavy (non-hydrogen) atoms. The summed E-state index contributed by atoms with van der Waals surface area (Å²) >= 11 is 12.3. The number of carbonyl (C=O) groups is 1. The Balaban J connectivity index is 1.73. The van der Waals surface area contributed by atoms with Gasteiger partial charge in [-0.05, 0) is 30.3 Å². The fraction of sp³-hybridized carbons (Fsp3) is 0.174. The molecule has 7 nitrogen and oxygen atoms in total. The van der Waals surface area contributed by atoms with Crippen molar-refractivity contribution in [2.75, 3.05) is 25.5 Å². The van der Waals surface area contributed by atoms with Crippen LogP contribution in [-0.2, 0) is 4.79 Å². The van der Waals surface area contributed by atoms with Crippen molar-refractivity contribution < 1.29 is 14.3 Å². The number of fused-ring (bicyclic) bond motifs is 1. The van der Waals surface area contributed by atoms with Crippen LogP contribution >= 0.6 is 23.2 Å². The predicted octanol–water partition coefficient (Wildman–Crippen LogP) is 4.94. The van der Waals surface area contributed by atoms with Gasteiger partial charge >= 0.3 is 0 Å². The summed E-state index contributed by atoms with van der Waals surface area (Å²) in [6, 6.07) is 10.7. The molecule has 0 aliphatic carbocycles. The lowest BCUT2D eigenvalue weighted by Gasteiger charge is -2.38. The molecule has 0 atom stereocenters. The van der Waals surface area contributed by atoms with Crippen LogP contribution in [0.3, 0.4) is 0 Å². The van der Waals surface area contributed by atoms with Gasteiger partial charge in [0.2, 0.25) is 5.91 Å². The molecule has 2 heterocycles. The zero-order valence-corrected chi connectivity index (χ0v) is 18.6. The molecule has 9 heteroatoms. The monoisotopic (exact) mass is 468 g/mol. The number of benzene rings is 2. The molecule has 0 spiro atoms. The van der Waals surface area contributed by atoms with Gasteiger partial charge in [0.15, 0.2) is 11.5 Å². The lowest BCUT2D eigenvalue weighted by atomic mass is 10.1. The number of ether oxygens (including phenoxy) is 2. The zero-order chi connectivity index (χ0) is 22.8. The van der Waals surface area contributed by atoms with Gasteiger partial charge in [-0.2, -0.15) is 5.26 Å². The fourth-order valence-electron chi connectivity index (χ4n) is 3.40. The van der Waals surface area contributed by atoms with Crippen molar-refractivity contribution in [1.29, 1.82) is 5.26 Å². The Kier molecular flexibility index (Phi) is 6.08. The fourth-order valence-corrected chi connectivity index (χ4v) is 3.85. The molecule has 1 aliphatic rings. The topological polar surface area (TPSA) is 87.5 Å². The summed E-state index contributed by atoms with van der Waals surface area (Å²) in [6.45, 7) is 4.40. The number of hydrogen-bond donors (Lipinski definition) is 1. The van der Waals surface area contributed by atoms with Crippen molar-refractivity contribution in [3.8, 4) is 17.6 Å². The number of aromatic nitrogens is 1. The number of halogens is 2. The largest absolute Gasteiger partial charge is 0.493 e. The quantitative estimate of drug-likeness (QED) is 0.515. The van der Waals surface area contributed by atoms with E-state index in [0.29, 0.717) is 62.5 Å². The molecule has 1 N–H and O–H groups in total. The number of methoxy groups -OCH3 is 1. The Morgan fingerprint density at radius 2 is 2.09 bits per heavy atom. The smallest absolute Gasteiger partial charge is 0.246 e. The molecule has 0 unspecified atom stereocenters. The van der Waals surface area contributed by atoms with Gasteiger partial charge in [-0.3, -0.25) is 9.78 Å². The molecule has 4 rings (SSSR count). The Morgan fingerprint density at radius 3 is 2.75 bits per heavy atom. The first kappa shape index (κ1) is 21.8. The van der Waals surface area contributed by atoms with Crippen molar-refractivity contribution in [2.45, 2.75) is 6.10 Å². The summed E-state index contributed by atoms with van der Waals surface area (Å²) in [7, 11) is 1.54. The lowest BCUT2D eigenvalue weighted by molar-refractivity contribution is -0.134. The van der Waals surface area contributed by atoms with Crippen LogP contribution in [0.1, 0.15) is 5.56 Å². The molecule has 3 aromatic rings. The third-order valence-electron chi connectivity index (χ3n) is 5.09. The van der Waals surface area contributed by atoms with Crippen molar-refractivity contribution in [1.82, 2.24) is 9.88 Å². The predicted molar refractivity (Wildman–Crippen MR) is 124 cm³/mol. The van der Waals surface area contributed by atoms with E-state index in [-0.39, 0.29) is 12.0 Å². The van der Waals surface area contributed by atoms with Gasteiger partial charge in [-0.15, -0.1) is 0 Å². The minimum Gasteiger partial charge on any atom is -0.493 e. The van der Waals surface area contributed by atoms with Crippen LogP contribution < -0.4 is 14.8 Å². The van der Waals surface area contributed by atoms with Crippen LogP contribution in [-0.4, -0.2) is 42.1 Å². The van der Waals surface area contributed by atoms with E-state index in [1.807, 2.05) is 0 Å². The van der Waals surface area contributed by atoms with Crippen LogP contribution in [0.15, 0.2) is 49.2 Å². The zero-order valence-electron chi connectivity index (χ0n) is 17.1. The highest BCUT2D eigenvalue weighted by Crippen LogP contribution is 2.39. The first-order valence-corrected chi connectivity index (χ1v) is 10.4. The normalized spacial score (nSPS) is 13.2. The first-order chi connectivity index (χ1) is 15.4. The van der Waals surface area contributed by atoms with Crippen LogP contribution in [0.25, 0.3) is 10.9 Å². The molecule has 0 saturated carbocycles. The average molecular weight is 469 g/mol. The molecule has 0 bridgehead atoms. The molecular formula is C23H18Cl2N4O3. The summed E-state index contributed by atoms with van der Waals surface area (Å²) in [5.74, 6) is 0.848. The molecule has 1 fully saturated rings. The Labute approximate surface area is 194 Å². The van der Waals surface area contributed by atoms with Gasteiger partial charge in [-0.25, -0.2) is 0 Å². The molecule has 1 saturated heterocycles. The van der Waals surface area contributed by atoms with E-state index in [2.05, 4.69) is 22.9 Å². The maximum atomic E-state index is 11.7. The Morgan fingerprint density at radius 1 is 1.31 bits per heavy atom. The number of nitrogens with zero attached hydrogens (tertiary/aromatic N) is 3. The molecule has 2 aromatic carbocycles. The Bertz CT molecular complexity index is 1270. The number of likely N-dealkylation sites (tertiary alicyclic amines) is 1. The standard InChI is InChI=1S/C23H18Cl2N4O3/c1-3-22(30)29-11-15(12-29)32-21-7-16-19(8-20(21)31-2)27-10-13(9-26)23(16)28-18-5-4-14(24)6-17(18)25/h3-8,10,15H,1,11-12H2,2H3,(H,27,28). The third-order valence-corrected chi connectivity index (χ3v) is 5.64. The second-order valence-corrected chi connectivity index (χ2v) is 7.96. The second-order valence-electron chi connectivity index (χ2n) is 7.12. The van der Waals surface area contributed by atoms with Crippen LogP contribution in [0.2, 0.25) is 10.0 Å². The highest BCUT2D eigenvalue weighted by molar-refractivity contribution is 6.36. The molecule has 1 aliphatic heterocycles. The minimum absolute atomic E-state index is 0.135. The number of nitriles is 1. The van der Waals surface area contributed by atoms with Gasteiger partial charge in [0.1, 0.15) is 12.2 Å². The average Bonchev–Trinajstić information content (AvgIpc) is 2.76. The molecule has 0 radical (unpaired) electrons.